The first-order valence-electron chi connectivity index (χ1n) is 9.58. The minimum Gasteiger partial charge on any atom is -0.355 e. The van der Waals surface area contributed by atoms with Crippen LogP contribution in [0.15, 0.2) is 53.0 Å². The fourth-order valence-corrected chi connectivity index (χ4v) is 4.38. The minimum atomic E-state index is -3.76. The second-order valence-corrected chi connectivity index (χ2v) is 10.2. The maximum atomic E-state index is 13.3. The number of halogens is 2. The van der Waals surface area contributed by atoms with Crippen LogP contribution in [0.4, 0.5) is 5.69 Å². The topological polar surface area (TPSA) is 86.8 Å². The standard InChI is InChI=1S/C21H25BrClN3O4S/c1-4-24-21(28)15(2)25(13-16-8-5-6-11-19(16)23)20(27)14-26(31(3,29)30)18-10-7-9-17(22)12-18/h5-12,15H,4,13-14H2,1-3H3,(H,24,28). The molecule has 1 unspecified atom stereocenters. The summed E-state index contributed by atoms with van der Waals surface area (Å²) in [5.41, 5.74) is 0.996. The Kier molecular flexibility index (Phi) is 8.90. The van der Waals surface area contributed by atoms with E-state index in [9.17, 15) is 18.0 Å². The lowest BCUT2D eigenvalue weighted by Gasteiger charge is -2.31. The number of anilines is 1. The molecule has 0 aliphatic heterocycles. The van der Waals surface area contributed by atoms with Gasteiger partial charge in [-0.3, -0.25) is 13.9 Å². The van der Waals surface area contributed by atoms with Crippen molar-refractivity contribution in [2.75, 3.05) is 23.7 Å². The van der Waals surface area contributed by atoms with Crippen molar-refractivity contribution in [2.45, 2.75) is 26.4 Å². The smallest absolute Gasteiger partial charge is 0.244 e. The molecule has 0 heterocycles. The maximum Gasteiger partial charge on any atom is 0.244 e. The average molecular weight is 531 g/mol. The Labute approximate surface area is 196 Å². The molecule has 0 spiro atoms. The molecule has 0 aliphatic carbocycles. The first kappa shape index (κ1) is 25.2. The van der Waals surface area contributed by atoms with Gasteiger partial charge in [-0.15, -0.1) is 0 Å². The number of sulfonamides is 1. The monoisotopic (exact) mass is 529 g/mol. The molecule has 2 aromatic rings. The number of hydrogen-bond donors (Lipinski definition) is 1. The summed E-state index contributed by atoms with van der Waals surface area (Å²) in [6, 6.07) is 12.8. The predicted octanol–water partition coefficient (Wildman–Crippen LogP) is 3.42. The van der Waals surface area contributed by atoms with Crippen molar-refractivity contribution in [3.63, 3.8) is 0 Å². The Balaban J connectivity index is 2.40. The summed E-state index contributed by atoms with van der Waals surface area (Å²) in [4.78, 5) is 27.1. The van der Waals surface area contributed by atoms with Crippen LogP contribution in [-0.2, 0) is 26.2 Å². The van der Waals surface area contributed by atoms with Gasteiger partial charge in [0, 0.05) is 22.6 Å². The number of carbonyl (C=O) groups is 2. The fraction of sp³-hybridized carbons (Fsp3) is 0.333. The second-order valence-electron chi connectivity index (χ2n) is 6.93. The molecule has 2 rings (SSSR count). The Hall–Kier alpha value is -2.10. The van der Waals surface area contributed by atoms with E-state index in [1.807, 2.05) is 0 Å². The van der Waals surface area contributed by atoms with Gasteiger partial charge in [-0.25, -0.2) is 8.42 Å². The molecule has 0 radical (unpaired) electrons. The van der Waals surface area contributed by atoms with Crippen LogP contribution in [-0.4, -0.2) is 50.5 Å². The van der Waals surface area contributed by atoms with Gasteiger partial charge in [-0.1, -0.05) is 51.8 Å². The van der Waals surface area contributed by atoms with Gasteiger partial charge < -0.3 is 10.2 Å². The molecule has 1 N–H and O–H groups in total. The third-order valence-corrected chi connectivity index (χ3v) is 6.59. The van der Waals surface area contributed by atoms with Crippen molar-refractivity contribution < 1.29 is 18.0 Å². The average Bonchev–Trinajstić information content (AvgIpc) is 2.70. The summed E-state index contributed by atoms with van der Waals surface area (Å²) >= 11 is 9.58. The number of hydrogen-bond acceptors (Lipinski definition) is 4. The van der Waals surface area contributed by atoms with Crippen LogP contribution in [0.3, 0.4) is 0 Å². The number of carbonyl (C=O) groups excluding carboxylic acids is 2. The Morgan fingerprint density at radius 2 is 1.84 bits per heavy atom. The van der Waals surface area contributed by atoms with E-state index in [2.05, 4.69) is 21.2 Å². The van der Waals surface area contributed by atoms with Gasteiger partial charge in [0.2, 0.25) is 21.8 Å². The van der Waals surface area contributed by atoms with Crippen molar-refractivity contribution in [1.29, 1.82) is 0 Å². The molecule has 0 saturated carbocycles. The molecule has 2 aromatic carbocycles. The van der Waals surface area contributed by atoms with Crippen LogP contribution in [0, 0.1) is 0 Å². The Morgan fingerprint density at radius 1 is 1.16 bits per heavy atom. The van der Waals surface area contributed by atoms with Crippen LogP contribution >= 0.6 is 27.5 Å². The summed E-state index contributed by atoms with van der Waals surface area (Å²) in [6.45, 7) is 3.40. The van der Waals surface area contributed by atoms with Crippen molar-refractivity contribution in [3.05, 3.63) is 63.6 Å². The lowest BCUT2D eigenvalue weighted by molar-refractivity contribution is -0.139. The SMILES string of the molecule is CCNC(=O)C(C)N(Cc1ccccc1Cl)C(=O)CN(c1cccc(Br)c1)S(C)(=O)=O. The van der Waals surface area contributed by atoms with Gasteiger partial charge in [0.25, 0.3) is 0 Å². The number of nitrogens with zero attached hydrogens (tertiary/aromatic N) is 2. The summed E-state index contributed by atoms with van der Waals surface area (Å²) < 4.78 is 26.6. The van der Waals surface area contributed by atoms with Gasteiger partial charge >= 0.3 is 0 Å². The zero-order valence-electron chi connectivity index (χ0n) is 17.5. The van der Waals surface area contributed by atoms with E-state index >= 15 is 0 Å². The molecule has 0 bridgehead atoms. The van der Waals surface area contributed by atoms with Gasteiger partial charge in [0.1, 0.15) is 12.6 Å². The minimum absolute atomic E-state index is 0.0624. The van der Waals surface area contributed by atoms with Crippen molar-refractivity contribution in [2.24, 2.45) is 0 Å². The molecule has 168 valence electrons. The number of amides is 2. The van der Waals surface area contributed by atoms with E-state index in [1.54, 1.807) is 62.4 Å². The highest BCUT2D eigenvalue weighted by Gasteiger charge is 2.30. The molecular weight excluding hydrogens is 506 g/mol. The summed E-state index contributed by atoms with van der Waals surface area (Å²) in [5, 5.41) is 3.15. The van der Waals surface area contributed by atoms with Crippen LogP contribution in [0.5, 0.6) is 0 Å². The lowest BCUT2D eigenvalue weighted by Crippen LogP contribution is -2.51. The number of nitrogens with one attached hydrogen (secondary N) is 1. The molecule has 0 aliphatic rings. The Morgan fingerprint density at radius 3 is 2.42 bits per heavy atom. The first-order valence-corrected chi connectivity index (χ1v) is 12.6. The van der Waals surface area contributed by atoms with Crippen molar-refractivity contribution in [3.8, 4) is 0 Å². The first-order chi connectivity index (χ1) is 14.5. The number of likely N-dealkylation sites (N-methyl/N-ethyl adjacent to an activating group) is 1. The molecule has 7 nitrogen and oxygen atoms in total. The second kappa shape index (κ2) is 11.0. The molecule has 0 saturated heterocycles. The zero-order chi connectivity index (χ0) is 23.2. The molecule has 10 heteroatoms. The van der Waals surface area contributed by atoms with E-state index in [0.29, 0.717) is 27.3 Å². The highest BCUT2D eigenvalue weighted by atomic mass is 79.9. The summed E-state index contributed by atoms with van der Waals surface area (Å²) in [7, 11) is -3.76. The van der Waals surface area contributed by atoms with Gasteiger partial charge in [0.15, 0.2) is 0 Å². The molecule has 0 fully saturated rings. The van der Waals surface area contributed by atoms with Crippen molar-refractivity contribution >= 4 is 55.1 Å². The number of rotatable bonds is 9. The highest BCUT2D eigenvalue weighted by molar-refractivity contribution is 9.10. The van der Waals surface area contributed by atoms with Crippen LogP contribution in [0.1, 0.15) is 19.4 Å². The third kappa shape index (κ3) is 6.95. The van der Waals surface area contributed by atoms with E-state index in [4.69, 9.17) is 11.6 Å². The molecule has 2 amide bonds. The van der Waals surface area contributed by atoms with Gasteiger partial charge in [-0.2, -0.15) is 0 Å². The summed E-state index contributed by atoms with van der Waals surface area (Å²) in [6.07, 6.45) is 1.03. The van der Waals surface area contributed by atoms with Gasteiger partial charge in [-0.05, 0) is 43.7 Å². The van der Waals surface area contributed by atoms with Crippen LogP contribution in [0.25, 0.3) is 0 Å². The lowest BCUT2D eigenvalue weighted by atomic mass is 10.1. The van der Waals surface area contributed by atoms with E-state index in [0.717, 1.165) is 10.6 Å². The largest absolute Gasteiger partial charge is 0.355 e. The van der Waals surface area contributed by atoms with Crippen LogP contribution < -0.4 is 9.62 Å². The van der Waals surface area contributed by atoms with Crippen molar-refractivity contribution in [1.82, 2.24) is 10.2 Å². The van der Waals surface area contributed by atoms with E-state index in [-0.39, 0.29) is 12.5 Å². The van der Waals surface area contributed by atoms with Gasteiger partial charge in [0.05, 0.1) is 11.9 Å². The third-order valence-electron chi connectivity index (χ3n) is 4.59. The maximum absolute atomic E-state index is 13.3. The van der Waals surface area contributed by atoms with Crippen LogP contribution in [0.2, 0.25) is 5.02 Å². The van der Waals surface area contributed by atoms with E-state index in [1.165, 1.54) is 4.90 Å². The zero-order valence-corrected chi connectivity index (χ0v) is 20.7. The van der Waals surface area contributed by atoms with E-state index < -0.39 is 28.5 Å². The fourth-order valence-electron chi connectivity index (χ4n) is 2.96. The molecule has 31 heavy (non-hydrogen) atoms. The quantitative estimate of drug-likeness (QED) is 0.538. The molecule has 1 atom stereocenters. The number of benzene rings is 2. The summed E-state index contributed by atoms with van der Waals surface area (Å²) in [5.74, 6) is -0.861. The predicted molar refractivity (Wildman–Crippen MR) is 126 cm³/mol. The molecule has 0 aromatic heterocycles. The Bertz CT molecular complexity index is 1050. The highest BCUT2D eigenvalue weighted by Crippen LogP contribution is 2.23. The molecular formula is C21H25BrClN3O4S. The normalized spacial score (nSPS) is 12.2.